The second-order valence-electron chi connectivity index (χ2n) is 8.27. The quantitative estimate of drug-likeness (QED) is 0.748. The smallest absolute Gasteiger partial charge is 0.225 e. The first-order valence-corrected chi connectivity index (χ1v) is 10.5. The van der Waals surface area contributed by atoms with Crippen LogP contribution in [0.4, 0.5) is 5.82 Å². The minimum absolute atomic E-state index is 0.0305. The lowest BCUT2D eigenvalue weighted by Gasteiger charge is -2.32. The number of hydrogen-bond acceptors (Lipinski definition) is 6. The lowest BCUT2D eigenvalue weighted by molar-refractivity contribution is -0.135. The molecule has 8 nitrogen and oxygen atoms in total. The Morgan fingerprint density at radius 3 is 2.62 bits per heavy atom. The number of methoxy groups -OCH3 is 1. The van der Waals surface area contributed by atoms with Crippen LogP contribution in [-0.2, 0) is 14.3 Å². The van der Waals surface area contributed by atoms with Crippen molar-refractivity contribution < 1.29 is 14.3 Å². The zero-order valence-electron chi connectivity index (χ0n) is 18.0. The predicted octanol–water partition coefficient (Wildman–Crippen LogP) is 1.84. The molecule has 2 amide bonds. The first-order chi connectivity index (χ1) is 13.9. The maximum absolute atomic E-state index is 12.3. The number of rotatable bonds is 7. The Morgan fingerprint density at radius 1 is 1.28 bits per heavy atom. The molecule has 3 heterocycles. The van der Waals surface area contributed by atoms with Gasteiger partial charge in [0.2, 0.25) is 11.8 Å². The fourth-order valence-electron chi connectivity index (χ4n) is 4.12. The molecule has 0 aliphatic carbocycles. The van der Waals surface area contributed by atoms with Crippen molar-refractivity contribution in [3.8, 4) is 0 Å². The summed E-state index contributed by atoms with van der Waals surface area (Å²) in [6.45, 7) is 7.21. The van der Waals surface area contributed by atoms with Gasteiger partial charge in [0.15, 0.2) is 0 Å². The summed E-state index contributed by atoms with van der Waals surface area (Å²) in [4.78, 5) is 38.0. The normalized spacial score (nSPS) is 20.6. The summed E-state index contributed by atoms with van der Waals surface area (Å²) < 4.78 is 5.11. The number of carbonyl (C=O) groups is 2. The lowest BCUT2D eigenvalue weighted by Crippen LogP contribution is -2.40. The summed E-state index contributed by atoms with van der Waals surface area (Å²) >= 11 is 0. The van der Waals surface area contributed by atoms with E-state index in [2.05, 4.69) is 5.32 Å². The standard InChI is InChI=1S/C21H33N5O3/c1-14(2)21(28)25-7-5-15(6-8-25)20-23-17(12-18(22-3)24-20)16-11-19(27)26(13-16)9-10-29-4/h12,14-16H,5-11,13H2,1-4H3,(H,22,23,24)/t16-/m0/s1. The van der Waals surface area contributed by atoms with Crippen molar-refractivity contribution >= 4 is 17.6 Å². The van der Waals surface area contributed by atoms with Crippen molar-refractivity contribution in [3.63, 3.8) is 0 Å². The van der Waals surface area contributed by atoms with Gasteiger partial charge in [0.25, 0.3) is 0 Å². The van der Waals surface area contributed by atoms with E-state index in [1.54, 1.807) is 7.11 Å². The molecule has 1 atom stereocenters. The van der Waals surface area contributed by atoms with E-state index in [9.17, 15) is 9.59 Å². The average Bonchev–Trinajstić information content (AvgIpc) is 3.11. The number of piperidine rings is 1. The second-order valence-corrected chi connectivity index (χ2v) is 8.27. The summed E-state index contributed by atoms with van der Waals surface area (Å²) in [6, 6.07) is 1.96. The van der Waals surface area contributed by atoms with Crippen molar-refractivity contribution in [3.05, 3.63) is 17.6 Å². The van der Waals surface area contributed by atoms with Crippen LogP contribution in [0.15, 0.2) is 6.07 Å². The van der Waals surface area contributed by atoms with Gasteiger partial charge in [-0.25, -0.2) is 9.97 Å². The number of aromatic nitrogens is 2. The average molecular weight is 404 g/mol. The molecule has 0 bridgehead atoms. The molecule has 0 radical (unpaired) electrons. The number of amides is 2. The van der Waals surface area contributed by atoms with Crippen molar-refractivity contribution in [2.24, 2.45) is 5.92 Å². The van der Waals surface area contributed by atoms with Gasteiger partial charge in [-0.2, -0.15) is 0 Å². The van der Waals surface area contributed by atoms with Crippen LogP contribution in [0, 0.1) is 5.92 Å². The number of ether oxygens (including phenoxy) is 1. The maximum atomic E-state index is 12.3. The first-order valence-electron chi connectivity index (χ1n) is 10.5. The summed E-state index contributed by atoms with van der Waals surface area (Å²) in [6.07, 6.45) is 2.22. The van der Waals surface area contributed by atoms with E-state index in [0.717, 1.165) is 43.3 Å². The van der Waals surface area contributed by atoms with Crippen LogP contribution in [-0.4, -0.2) is 78.5 Å². The molecule has 2 fully saturated rings. The Balaban J connectivity index is 1.72. The van der Waals surface area contributed by atoms with Gasteiger partial charge in [-0.3, -0.25) is 9.59 Å². The van der Waals surface area contributed by atoms with Gasteiger partial charge in [0.1, 0.15) is 11.6 Å². The molecule has 0 aromatic carbocycles. The number of hydrogen-bond donors (Lipinski definition) is 1. The minimum atomic E-state index is 0.0305. The topological polar surface area (TPSA) is 87.7 Å². The van der Waals surface area contributed by atoms with Gasteiger partial charge in [-0.05, 0) is 12.8 Å². The predicted molar refractivity (Wildman–Crippen MR) is 111 cm³/mol. The molecular formula is C21H33N5O3. The van der Waals surface area contributed by atoms with Gasteiger partial charge in [0.05, 0.1) is 12.3 Å². The molecule has 8 heteroatoms. The Morgan fingerprint density at radius 2 is 2.00 bits per heavy atom. The van der Waals surface area contributed by atoms with Crippen LogP contribution in [0.3, 0.4) is 0 Å². The zero-order valence-corrected chi connectivity index (χ0v) is 18.0. The Hall–Kier alpha value is -2.22. The van der Waals surface area contributed by atoms with Crippen LogP contribution >= 0.6 is 0 Å². The van der Waals surface area contributed by atoms with Crippen LogP contribution in [0.25, 0.3) is 0 Å². The zero-order chi connectivity index (χ0) is 21.0. The Labute approximate surface area is 173 Å². The largest absolute Gasteiger partial charge is 0.383 e. The monoisotopic (exact) mass is 403 g/mol. The van der Waals surface area contributed by atoms with Gasteiger partial charge in [-0.15, -0.1) is 0 Å². The minimum Gasteiger partial charge on any atom is -0.383 e. The molecule has 1 aromatic heterocycles. The Kier molecular flexibility index (Phi) is 7.05. The summed E-state index contributed by atoms with van der Waals surface area (Å²) in [5, 5.41) is 3.13. The molecular weight excluding hydrogens is 370 g/mol. The summed E-state index contributed by atoms with van der Waals surface area (Å²) in [5.74, 6) is 2.33. The molecule has 0 unspecified atom stereocenters. The van der Waals surface area contributed by atoms with Crippen molar-refractivity contribution in [2.75, 3.05) is 52.3 Å². The fourth-order valence-corrected chi connectivity index (χ4v) is 4.12. The number of likely N-dealkylation sites (tertiary alicyclic amines) is 2. The van der Waals surface area contributed by atoms with Crippen molar-refractivity contribution in [1.82, 2.24) is 19.8 Å². The summed E-state index contributed by atoms with van der Waals surface area (Å²) in [7, 11) is 3.50. The highest BCUT2D eigenvalue weighted by molar-refractivity contribution is 5.79. The third-order valence-electron chi connectivity index (χ3n) is 5.88. The molecule has 2 aliphatic heterocycles. The molecule has 2 aliphatic rings. The van der Waals surface area contributed by atoms with E-state index >= 15 is 0 Å². The van der Waals surface area contributed by atoms with Gasteiger partial charge in [-0.1, -0.05) is 13.8 Å². The van der Waals surface area contributed by atoms with E-state index in [1.165, 1.54) is 0 Å². The van der Waals surface area contributed by atoms with Gasteiger partial charge < -0.3 is 19.9 Å². The maximum Gasteiger partial charge on any atom is 0.225 e. The number of anilines is 1. The van der Waals surface area contributed by atoms with Crippen LogP contribution in [0.2, 0.25) is 0 Å². The second kappa shape index (κ2) is 9.52. The fraction of sp³-hybridized carbons (Fsp3) is 0.714. The highest BCUT2D eigenvalue weighted by atomic mass is 16.5. The first kappa shape index (κ1) is 21.5. The molecule has 2 saturated heterocycles. The van der Waals surface area contributed by atoms with E-state index in [4.69, 9.17) is 14.7 Å². The number of nitrogens with zero attached hydrogens (tertiary/aromatic N) is 4. The third kappa shape index (κ3) is 5.04. The van der Waals surface area contributed by atoms with E-state index in [1.807, 2.05) is 36.8 Å². The van der Waals surface area contributed by atoms with E-state index < -0.39 is 0 Å². The lowest BCUT2D eigenvalue weighted by atomic mass is 9.94. The number of carbonyl (C=O) groups excluding carboxylic acids is 2. The molecule has 3 rings (SSSR count). The van der Waals surface area contributed by atoms with E-state index in [-0.39, 0.29) is 29.6 Å². The highest BCUT2D eigenvalue weighted by Gasteiger charge is 2.33. The molecule has 29 heavy (non-hydrogen) atoms. The number of nitrogens with one attached hydrogen (secondary N) is 1. The van der Waals surface area contributed by atoms with Crippen LogP contribution < -0.4 is 5.32 Å². The van der Waals surface area contributed by atoms with Crippen LogP contribution in [0.5, 0.6) is 0 Å². The van der Waals surface area contributed by atoms with Crippen molar-refractivity contribution in [1.29, 1.82) is 0 Å². The molecule has 0 spiro atoms. The van der Waals surface area contributed by atoms with Crippen LogP contribution in [0.1, 0.15) is 56.5 Å². The SMILES string of the molecule is CNc1cc([C@H]2CC(=O)N(CCOC)C2)nc(C2CCN(C(=O)C(C)C)CC2)n1. The molecule has 160 valence electrons. The highest BCUT2D eigenvalue weighted by Crippen LogP contribution is 2.32. The Bertz CT molecular complexity index is 731. The van der Waals surface area contributed by atoms with Gasteiger partial charge in [0, 0.05) is 70.6 Å². The van der Waals surface area contributed by atoms with E-state index in [0.29, 0.717) is 26.1 Å². The van der Waals surface area contributed by atoms with Crippen molar-refractivity contribution in [2.45, 2.75) is 44.9 Å². The molecule has 0 saturated carbocycles. The molecule has 1 N–H and O–H groups in total. The molecule has 1 aromatic rings. The summed E-state index contributed by atoms with van der Waals surface area (Å²) in [5.41, 5.74) is 0.924. The van der Waals surface area contributed by atoms with Gasteiger partial charge >= 0.3 is 0 Å². The third-order valence-corrected chi connectivity index (χ3v) is 5.88.